The lowest BCUT2D eigenvalue weighted by Crippen LogP contribution is -2.50. The van der Waals surface area contributed by atoms with Crippen molar-refractivity contribution < 1.29 is 13.2 Å². The molecule has 0 unspecified atom stereocenters. The largest absolute Gasteiger partial charge is 0.384 e. The Balaban J connectivity index is 1.54. The maximum absolute atomic E-state index is 12.5. The van der Waals surface area contributed by atoms with Gasteiger partial charge in [-0.2, -0.15) is 4.31 Å². The van der Waals surface area contributed by atoms with E-state index >= 15 is 0 Å². The molecule has 2 aromatic rings. The zero-order valence-corrected chi connectivity index (χ0v) is 16.8. The second kappa shape index (κ2) is 9.02. The molecule has 1 aliphatic heterocycles. The molecule has 152 valence electrons. The third kappa shape index (κ3) is 5.52. The zero-order chi connectivity index (χ0) is 20.9. The standard InChI is InChI=1S/C21H24N4O3S/c22-21(23)19-8-6-18(7-9-19)16-20(26)24-11-13-25(14-12-24)29(27,28)15-10-17-4-2-1-3-5-17/h1-10,15H,11-14,16H2,(H3,22,23). The Morgan fingerprint density at radius 2 is 1.62 bits per heavy atom. The highest BCUT2D eigenvalue weighted by Crippen LogP contribution is 2.13. The van der Waals surface area contributed by atoms with Crippen molar-refractivity contribution in [2.75, 3.05) is 26.2 Å². The van der Waals surface area contributed by atoms with Gasteiger partial charge < -0.3 is 10.6 Å². The third-order valence-electron chi connectivity index (χ3n) is 4.80. The summed E-state index contributed by atoms with van der Waals surface area (Å²) in [6.45, 7) is 1.28. The summed E-state index contributed by atoms with van der Waals surface area (Å²) in [7, 11) is -3.52. The van der Waals surface area contributed by atoms with Gasteiger partial charge in [0.05, 0.1) is 6.42 Å². The van der Waals surface area contributed by atoms with Gasteiger partial charge in [-0.25, -0.2) is 8.42 Å². The van der Waals surface area contributed by atoms with Crippen molar-refractivity contribution >= 4 is 27.8 Å². The summed E-state index contributed by atoms with van der Waals surface area (Å²) in [6.07, 6.45) is 1.82. The molecule has 7 nitrogen and oxygen atoms in total. The van der Waals surface area contributed by atoms with Crippen LogP contribution < -0.4 is 5.73 Å². The Labute approximate surface area is 171 Å². The second-order valence-corrected chi connectivity index (χ2v) is 8.64. The molecule has 0 radical (unpaired) electrons. The van der Waals surface area contributed by atoms with E-state index in [2.05, 4.69) is 0 Å². The van der Waals surface area contributed by atoms with Crippen LogP contribution in [-0.2, 0) is 21.2 Å². The highest BCUT2D eigenvalue weighted by atomic mass is 32.2. The van der Waals surface area contributed by atoms with E-state index in [4.69, 9.17) is 11.1 Å². The fourth-order valence-electron chi connectivity index (χ4n) is 3.10. The van der Waals surface area contributed by atoms with Gasteiger partial charge in [0, 0.05) is 37.2 Å². The molecule has 29 heavy (non-hydrogen) atoms. The molecule has 3 rings (SSSR count). The van der Waals surface area contributed by atoms with Crippen LogP contribution in [0.4, 0.5) is 0 Å². The molecule has 1 fully saturated rings. The number of sulfonamides is 1. The number of amidine groups is 1. The molecular formula is C21H24N4O3S. The van der Waals surface area contributed by atoms with Crippen LogP contribution >= 0.6 is 0 Å². The Bertz CT molecular complexity index is 994. The molecule has 3 N–H and O–H groups in total. The van der Waals surface area contributed by atoms with Gasteiger partial charge >= 0.3 is 0 Å². The number of hydrogen-bond donors (Lipinski definition) is 2. The summed E-state index contributed by atoms with van der Waals surface area (Å²) in [6, 6.07) is 16.3. The molecule has 1 aliphatic rings. The molecule has 0 atom stereocenters. The number of carbonyl (C=O) groups excluding carboxylic acids is 1. The monoisotopic (exact) mass is 412 g/mol. The summed E-state index contributed by atoms with van der Waals surface area (Å²) < 4.78 is 26.4. The van der Waals surface area contributed by atoms with Gasteiger partial charge in [-0.05, 0) is 17.2 Å². The lowest BCUT2D eigenvalue weighted by molar-refractivity contribution is -0.131. The molecule has 0 saturated carbocycles. The minimum atomic E-state index is -3.52. The predicted octanol–water partition coefficient (Wildman–Crippen LogP) is 1.66. The van der Waals surface area contributed by atoms with Gasteiger partial charge in [-0.3, -0.25) is 10.2 Å². The van der Waals surface area contributed by atoms with Crippen LogP contribution in [0.15, 0.2) is 60.0 Å². The topological polar surface area (TPSA) is 108 Å². The Morgan fingerprint density at radius 1 is 1.00 bits per heavy atom. The van der Waals surface area contributed by atoms with Crippen LogP contribution in [0.5, 0.6) is 0 Å². The average molecular weight is 413 g/mol. The molecule has 1 heterocycles. The SMILES string of the molecule is N=C(N)c1ccc(CC(=O)N2CCN(S(=O)(=O)C=Cc3ccccc3)CC2)cc1. The molecule has 0 aliphatic carbocycles. The van der Waals surface area contributed by atoms with Crippen molar-refractivity contribution in [3.8, 4) is 0 Å². The number of benzene rings is 2. The predicted molar refractivity (Wildman–Crippen MR) is 114 cm³/mol. The summed E-state index contributed by atoms with van der Waals surface area (Å²) in [5, 5.41) is 8.62. The van der Waals surface area contributed by atoms with Crippen molar-refractivity contribution in [2.45, 2.75) is 6.42 Å². The highest BCUT2D eigenvalue weighted by Gasteiger charge is 2.27. The normalized spacial score (nSPS) is 15.5. The summed E-state index contributed by atoms with van der Waals surface area (Å²) in [5.41, 5.74) is 7.70. The first-order valence-electron chi connectivity index (χ1n) is 9.29. The van der Waals surface area contributed by atoms with Crippen molar-refractivity contribution in [3.63, 3.8) is 0 Å². The number of nitrogen functional groups attached to an aromatic ring is 1. The van der Waals surface area contributed by atoms with Crippen LogP contribution in [0.25, 0.3) is 6.08 Å². The first-order valence-corrected chi connectivity index (χ1v) is 10.8. The second-order valence-electron chi connectivity index (χ2n) is 6.83. The number of nitrogens with zero attached hydrogens (tertiary/aromatic N) is 2. The number of amides is 1. The molecule has 0 bridgehead atoms. The number of carbonyl (C=O) groups is 1. The first kappa shape index (κ1) is 20.8. The molecule has 8 heteroatoms. The Hall–Kier alpha value is -2.97. The van der Waals surface area contributed by atoms with Crippen LogP contribution in [-0.4, -0.2) is 55.5 Å². The lowest BCUT2D eigenvalue weighted by atomic mass is 10.1. The van der Waals surface area contributed by atoms with Gasteiger partial charge in [0.15, 0.2) is 0 Å². The van der Waals surface area contributed by atoms with Crippen LogP contribution in [0, 0.1) is 5.41 Å². The van der Waals surface area contributed by atoms with Crippen LogP contribution in [0.3, 0.4) is 0 Å². The summed E-state index contributed by atoms with van der Waals surface area (Å²) in [4.78, 5) is 14.2. The van der Waals surface area contributed by atoms with Crippen LogP contribution in [0.1, 0.15) is 16.7 Å². The van der Waals surface area contributed by atoms with E-state index in [-0.39, 0.29) is 31.3 Å². The number of piperazine rings is 1. The van der Waals surface area contributed by atoms with Gasteiger partial charge in [-0.1, -0.05) is 54.6 Å². The van der Waals surface area contributed by atoms with E-state index < -0.39 is 10.0 Å². The van der Waals surface area contributed by atoms with Gasteiger partial charge in [0.25, 0.3) is 0 Å². The maximum Gasteiger partial charge on any atom is 0.236 e. The lowest BCUT2D eigenvalue weighted by Gasteiger charge is -2.33. The first-order chi connectivity index (χ1) is 13.8. The highest BCUT2D eigenvalue weighted by molar-refractivity contribution is 7.92. The molecular weight excluding hydrogens is 388 g/mol. The molecule has 2 aromatic carbocycles. The Morgan fingerprint density at radius 3 is 2.21 bits per heavy atom. The quantitative estimate of drug-likeness (QED) is 0.556. The van der Waals surface area contributed by atoms with E-state index in [9.17, 15) is 13.2 Å². The zero-order valence-electron chi connectivity index (χ0n) is 16.0. The fourth-order valence-corrected chi connectivity index (χ4v) is 4.27. The molecule has 1 saturated heterocycles. The van der Waals surface area contributed by atoms with Crippen molar-refractivity contribution in [1.29, 1.82) is 5.41 Å². The number of nitrogens with one attached hydrogen (secondary N) is 1. The van der Waals surface area contributed by atoms with E-state index in [1.807, 2.05) is 30.3 Å². The van der Waals surface area contributed by atoms with E-state index in [1.165, 1.54) is 9.71 Å². The third-order valence-corrected chi connectivity index (χ3v) is 6.37. The van der Waals surface area contributed by atoms with Gasteiger partial charge in [0.2, 0.25) is 15.9 Å². The van der Waals surface area contributed by atoms with Crippen molar-refractivity contribution in [3.05, 3.63) is 76.7 Å². The van der Waals surface area contributed by atoms with E-state index in [0.29, 0.717) is 18.7 Å². The van der Waals surface area contributed by atoms with Crippen molar-refractivity contribution in [2.24, 2.45) is 5.73 Å². The smallest absolute Gasteiger partial charge is 0.236 e. The number of hydrogen-bond acceptors (Lipinski definition) is 4. The Kier molecular flexibility index (Phi) is 6.46. The van der Waals surface area contributed by atoms with Crippen LogP contribution in [0.2, 0.25) is 0 Å². The van der Waals surface area contributed by atoms with E-state index in [1.54, 1.807) is 35.2 Å². The minimum Gasteiger partial charge on any atom is -0.384 e. The maximum atomic E-state index is 12.5. The molecule has 0 spiro atoms. The number of rotatable bonds is 6. The summed E-state index contributed by atoms with van der Waals surface area (Å²) >= 11 is 0. The van der Waals surface area contributed by atoms with Gasteiger partial charge in [-0.15, -0.1) is 0 Å². The van der Waals surface area contributed by atoms with E-state index in [0.717, 1.165) is 11.1 Å². The molecule has 0 aromatic heterocycles. The van der Waals surface area contributed by atoms with Crippen molar-refractivity contribution in [1.82, 2.24) is 9.21 Å². The minimum absolute atomic E-state index is 0.0125. The van der Waals surface area contributed by atoms with Gasteiger partial charge in [0.1, 0.15) is 5.84 Å². The fraction of sp³-hybridized carbons (Fsp3) is 0.238. The number of nitrogens with two attached hydrogens (primary N) is 1. The average Bonchev–Trinajstić information content (AvgIpc) is 2.73. The molecule has 1 amide bonds. The summed E-state index contributed by atoms with van der Waals surface area (Å²) in [5.74, 6) is -0.0565.